The normalized spacial score (nSPS) is 15.1. The molecular formula is C15H17FN2O5. The highest BCUT2D eigenvalue weighted by Crippen LogP contribution is 2.22. The number of aromatic nitrogens is 1. The second-order valence-electron chi connectivity index (χ2n) is 5.88. The summed E-state index contributed by atoms with van der Waals surface area (Å²) in [5.41, 5.74) is -0.405. The van der Waals surface area contributed by atoms with Crippen LogP contribution in [-0.4, -0.2) is 46.0 Å². The summed E-state index contributed by atoms with van der Waals surface area (Å²) in [4.78, 5) is 31.2. The van der Waals surface area contributed by atoms with Crippen molar-refractivity contribution in [2.75, 3.05) is 13.2 Å². The Morgan fingerprint density at radius 2 is 2.09 bits per heavy atom. The van der Waals surface area contributed by atoms with E-state index in [4.69, 9.17) is 14.7 Å². The van der Waals surface area contributed by atoms with Crippen molar-refractivity contribution < 1.29 is 28.7 Å². The first-order valence-corrected chi connectivity index (χ1v) is 6.90. The van der Waals surface area contributed by atoms with E-state index >= 15 is 0 Å². The Morgan fingerprint density at radius 1 is 1.39 bits per heavy atom. The third-order valence-electron chi connectivity index (χ3n) is 2.89. The van der Waals surface area contributed by atoms with Gasteiger partial charge in [-0.05, 0) is 38.5 Å². The largest absolute Gasteiger partial charge is 0.477 e. The highest BCUT2D eigenvalue weighted by Gasteiger charge is 2.26. The second-order valence-corrected chi connectivity index (χ2v) is 5.88. The molecule has 0 aromatic carbocycles. The minimum atomic E-state index is -1.31. The number of carbonyl (C=O) groups is 2. The van der Waals surface area contributed by atoms with Crippen molar-refractivity contribution in [3.63, 3.8) is 0 Å². The molecule has 1 amide bonds. The molecule has 1 aromatic rings. The van der Waals surface area contributed by atoms with Gasteiger partial charge in [0.25, 0.3) is 0 Å². The van der Waals surface area contributed by atoms with Crippen LogP contribution >= 0.6 is 0 Å². The van der Waals surface area contributed by atoms with Crippen LogP contribution in [0.3, 0.4) is 0 Å². The number of aromatic carboxylic acids is 1. The maximum atomic E-state index is 13.9. The van der Waals surface area contributed by atoms with Gasteiger partial charge in [-0.25, -0.2) is 14.6 Å². The summed E-state index contributed by atoms with van der Waals surface area (Å²) in [7, 11) is 0. The van der Waals surface area contributed by atoms with Gasteiger partial charge in [-0.2, -0.15) is 9.45 Å². The number of ether oxygens (including phenoxy) is 1. The first-order valence-electron chi connectivity index (χ1n) is 6.90. The Morgan fingerprint density at radius 3 is 2.57 bits per heavy atom. The van der Waals surface area contributed by atoms with Gasteiger partial charge in [0.05, 0.1) is 6.54 Å². The molecular weight excluding hydrogens is 307 g/mol. The number of nitrogens with zero attached hydrogens (tertiary/aromatic N) is 2. The maximum Gasteiger partial charge on any atom is 0.434 e. The van der Waals surface area contributed by atoms with E-state index in [1.165, 1.54) is 12.1 Å². The van der Waals surface area contributed by atoms with Gasteiger partial charge in [-0.1, -0.05) is 6.08 Å². The lowest BCUT2D eigenvalue weighted by Crippen LogP contribution is -2.39. The van der Waals surface area contributed by atoms with Gasteiger partial charge in [0.1, 0.15) is 12.2 Å². The van der Waals surface area contributed by atoms with Gasteiger partial charge < -0.3 is 9.84 Å². The predicted molar refractivity (Wildman–Crippen MR) is 78.0 cm³/mol. The Kier molecular flexibility index (Phi) is 4.65. The van der Waals surface area contributed by atoms with Crippen LogP contribution in [0.4, 0.5) is 9.18 Å². The lowest BCUT2D eigenvalue weighted by molar-refractivity contribution is -0.133. The second kappa shape index (κ2) is 6.33. The number of carboxylic acid groups (broad SMARTS) is 1. The average Bonchev–Trinajstić information content (AvgIpc) is 2.45. The maximum absolute atomic E-state index is 13.9. The number of hydrogen-bond acceptors (Lipinski definition) is 5. The van der Waals surface area contributed by atoms with Crippen LogP contribution in [0.2, 0.25) is 0 Å². The Hall–Kier alpha value is -2.48. The number of hydrogen-bond donors (Lipinski definition) is 1. The van der Waals surface area contributed by atoms with Crippen LogP contribution in [0.15, 0.2) is 18.2 Å². The third-order valence-corrected chi connectivity index (χ3v) is 2.89. The lowest BCUT2D eigenvalue weighted by Gasteiger charge is -2.28. The number of carboxylic acids is 1. The summed E-state index contributed by atoms with van der Waals surface area (Å²) >= 11 is 0. The Labute approximate surface area is 132 Å². The van der Waals surface area contributed by atoms with E-state index in [1.807, 2.05) is 0 Å². The summed E-state index contributed by atoms with van der Waals surface area (Å²) in [5.74, 6) is -2.20. The molecule has 0 aliphatic carbocycles. The van der Waals surface area contributed by atoms with Crippen molar-refractivity contribution in [1.82, 2.24) is 10.0 Å². The van der Waals surface area contributed by atoms with Crippen LogP contribution in [0.25, 0.3) is 5.57 Å². The SMILES string of the molecule is CC(C)(C)OC(=O)N1CC=C(c2ccc(C(=O)O)nc2F)CO1. The average molecular weight is 324 g/mol. The molecule has 0 atom stereocenters. The molecule has 1 N–H and O–H groups in total. The van der Waals surface area contributed by atoms with E-state index in [0.29, 0.717) is 5.57 Å². The Balaban J connectivity index is 2.10. The molecule has 0 unspecified atom stereocenters. The van der Waals surface area contributed by atoms with E-state index in [0.717, 1.165) is 5.06 Å². The molecule has 2 heterocycles. The molecule has 8 heteroatoms. The van der Waals surface area contributed by atoms with Crippen LogP contribution in [-0.2, 0) is 9.57 Å². The zero-order chi connectivity index (χ0) is 17.2. The van der Waals surface area contributed by atoms with E-state index in [9.17, 15) is 14.0 Å². The van der Waals surface area contributed by atoms with Gasteiger partial charge in [0, 0.05) is 5.56 Å². The van der Waals surface area contributed by atoms with E-state index < -0.39 is 23.6 Å². The van der Waals surface area contributed by atoms with Gasteiger partial charge in [-0.3, -0.25) is 4.84 Å². The van der Waals surface area contributed by atoms with Crippen molar-refractivity contribution in [2.24, 2.45) is 0 Å². The van der Waals surface area contributed by atoms with Crippen molar-refractivity contribution in [1.29, 1.82) is 0 Å². The monoisotopic (exact) mass is 324 g/mol. The first kappa shape index (κ1) is 16.9. The zero-order valence-electron chi connectivity index (χ0n) is 13.0. The standard InChI is InChI=1S/C15H17FN2O5/c1-15(2,3)23-14(21)18-7-6-9(8-22-18)10-4-5-11(13(19)20)17-12(10)16/h4-6H,7-8H2,1-3H3,(H,19,20). The van der Waals surface area contributed by atoms with Gasteiger partial charge in [-0.15, -0.1) is 0 Å². The molecule has 0 radical (unpaired) electrons. The molecule has 2 rings (SSSR count). The molecule has 0 bridgehead atoms. The molecule has 0 spiro atoms. The van der Waals surface area contributed by atoms with Crippen molar-refractivity contribution in [3.8, 4) is 0 Å². The molecule has 23 heavy (non-hydrogen) atoms. The summed E-state index contributed by atoms with van der Waals surface area (Å²) in [6, 6.07) is 2.53. The van der Waals surface area contributed by atoms with Crippen molar-refractivity contribution >= 4 is 17.6 Å². The van der Waals surface area contributed by atoms with Crippen molar-refractivity contribution in [3.05, 3.63) is 35.4 Å². The molecule has 1 aliphatic rings. The zero-order valence-corrected chi connectivity index (χ0v) is 13.0. The molecule has 0 saturated carbocycles. The lowest BCUT2D eigenvalue weighted by atomic mass is 10.1. The highest BCUT2D eigenvalue weighted by atomic mass is 19.1. The third kappa shape index (κ3) is 4.26. The molecule has 7 nitrogen and oxygen atoms in total. The number of hydroxylamine groups is 2. The van der Waals surface area contributed by atoms with Crippen LogP contribution in [0.1, 0.15) is 36.8 Å². The fourth-order valence-corrected chi connectivity index (χ4v) is 1.87. The van der Waals surface area contributed by atoms with Gasteiger partial charge in [0.2, 0.25) is 5.95 Å². The number of amides is 1. The molecule has 1 aliphatic heterocycles. The summed E-state index contributed by atoms with van der Waals surface area (Å²) in [6.45, 7) is 5.25. The number of carbonyl (C=O) groups excluding carboxylic acids is 1. The summed E-state index contributed by atoms with van der Waals surface area (Å²) in [5, 5.41) is 9.81. The van der Waals surface area contributed by atoms with Crippen LogP contribution in [0, 0.1) is 5.95 Å². The molecule has 124 valence electrons. The smallest absolute Gasteiger partial charge is 0.434 e. The molecule has 0 fully saturated rings. The van der Waals surface area contributed by atoms with Crippen LogP contribution in [0.5, 0.6) is 0 Å². The van der Waals surface area contributed by atoms with Crippen LogP contribution < -0.4 is 0 Å². The van der Waals surface area contributed by atoms with Gasteiger partial charge in [0.15, 0.2) is 5.69 Å². The molecule has 0 saturated heterocycles. The molecule has 1 aromatic heterocycles. The summed E-state index contributed by atoms with van der Waals surface area (Å²) < 4.78 is 19.1. The highest BCUT2D eigenvalue weighted by molar-refractivity contribution is 5.85. The number of pyridine rings is 1. The Bertz CT molecular complexity index is 666. The van der Waals surface area contributed by atoms with Crippen molar-refractivity contribution in [2.45, 2.75) is 26.4 Å². The first-order chi connectivity index (χ1) is 10.7. The summed E-state index contributed by atoms with van der Waals surface area (Å²) in [6.07, 6.45) is 0.973. The topological polar surface area (TPSA) is 89.0 Å². The van der Waals surface area contributed by atoms with E-state index in [-0.39, 0.29) is 24.4 Å². The predicted octanol–water partition coefficient (Wildman–Crippen LogP) is 2.48. The minimum Gasteiger partial charge on any atom is -0.477 e. The van der Waals surface area contributed by atoms with E-state index in [2.05, 4.69) is 4.98 Å². The number of halogens is 1. The quantitative estimate of drug-likeness (QED) is 0.841. The fourth-order valence-electron chi connectivity index (χ4n) is 1.87. The fraction of sp³-hybridized carbons (Fsp3) is 0.400. The van der Waals surface area contributed by atoms with Gasteiger partial charge >= 0.3 is 12.1 Å². The number of rotatable bonds is 2. The minimum absolute atomic E-state index is 0.0513. The van der Waals surface area contributed by atoms with E-state index in [1.54, 1.807) is 26.8 Å².